The van der Waals surface area contributed by atoms with Crippen LogP contribution in [0.1, 0.15) is 97.3 Å². The normalized spacial score (nSPS) is 15.5. The van der Waals surface area contributed by atoms with E-state index in [9.17, 15) is 5.11 Å². The first kappa shape index (κ1) is 22.9. The summed E-state index contributed by atoms with van der Waals surface area (Å²) < 4.78 is 10.8. The highest BCUT2D eigenvalue weighted by atomic mass is 16.5. The lowest BCUT2D eigenvalue weighted by Gasteiger charge is -2.27. The molecule has 0 aromatic carbocycles. The number of methoxy groups -OCH3 is 2. The maximum Gasteiger partial charge on any atom is 0.106 e. The molecule has 23 heavy (non-hydrogen) atoms. The van der Waals surface area contributed by atoms with Gasteiger partial charge in [0.15, 0.2) is 0 Å². The number of rotatable bonds is 17. The van der Waals surface area contributed by atoms with Gasteiger partial charge in [-0.15, -0.1) is 0 Å². The topological polar surface area (TPSA) is 38.7 Å². The second kappa shape index (κ2) is 16.7. The van der Waals surface area contributed by atoms with Crippen molar-refractivity contribution in [1.29, 1.82) is 0 Å². The van der Waals surface area contributed by atoms with E-state index < -0.39 is 6.10 Å². The third-order valence-corrected chi connectivity index (χ3v) is 4.86. The van der Waals surface area contributed by atoms with E-state index in [0.29, 0.717) is 0 Å². The number of hydrogen-bond donors (Lipinski definition) is 1. The van der Waals surface area contributed by atoms with Crippen LogP contribution in [0.2, 0.25) is 0 Å². The van der Waals surface area contributed by atoms with Gasteiger partial charge in [0.05, 0.1) is 12.2 Å². The molecular formula is C20H42O3. The van der Waals surface area contributed by atoms with Gasteiger partial charge in [0.25, 0.3) is 0 Å². The zero-order valence-corrected chi connectivity index (χ0v) is 16.2. The molecular weight excluding hydrogens is 288 g/mol. The quantitative estimate of drug-likeness (QED) is 0.358. The molecule has 3 unspecified atom stereocenters. The van der Waals surface area contributed by atoms with E-state index in [1.165, 1.54) is 64.2 Å². The summed E-state index contributed by atoms with van der Waals surface area (Å²) in [7, 11) is 3.35. The first-order valence-electron chi connectivity index (χ1n) is 9.94. The summed E-state index contributed by atoms with van der Waals surface area (Å²) in [4.78, 5) is 0. The molecule has 0 aliphatic rings. The van der Waals surface area contributed by atoms with Gasteiger partial charge in [0.1, 0.15) is 6.10 Å². The molecule has 0 aliphatic carbocycles. The Morgan fingerprint density at radius 2 is 1.09 bits per heavy atom. The summed E-state index contributed by atoms with van der Waals surface area (Å²) >= 11 is 0. The minimum Gasteiger partial charge on any atom is -0.388 e. The molecule has 140 valence electrons. The maximum atomic E-state index is 10.3. The zero-order valence-electron chi connectivity index (χ0n) is 16.2. The molecule has 0 saturated heterocycles. The molecule has 3 heteroatoms. The molecule has 0 amide bonds. The summed E-state index contributed by atoms with van der Waals surface area (Å²) in [6.07, 6.45) is 15.8. The standard InChI is InChI=1S/C20H42O3/c1-5-7-8-9-10-11-12-13-14-15-16-17-19(23-4)20(21)18(6-2)22-3/h18-21H,5-17H2,1-4H3. The van der Waals surface area contributed by atoms with Crippen LogP contribution in [0.25, 0.3) is 0 Å². The van der Waals surface area contributed by atoms with Crippen molar-refractivity contribution < 1.29 is 14.6 Å². The van der Waals surface area contributed by atoms with Crippen molar-refractivity contribution in [2.24, 2.45) is 0 Å². The summed E-state index contributed by atoms with van der Waals surface area (Å²) in [5, 5.41) is 10.3. The second-order valence-electron chi connectivity index (χ2n) is 6.77. The molecule has 0 radical (unpaired) electrons. The molecule has 1 N–H and O–H groups in total. The van der Waals surface area contributed by atoms with Crippen molar-refractivity contribution in [2.75, 3.05) is 14.2 Å². The molecule has 3 atom stereocenters. The molecule has 0 aromatic rings. The highest BCUT2D eigenvalue weighted by molar-refractivity contribution is 4.76. The third-order valence-electron chi connectivity index (χ3n) is 4.86. The van der Waals surface area contributed by atoms with Gasteiger partial charge in [-0.25, -0.2) is 0 Å². The van der Waals surface area contributed by atoms with Gasteiger partial charge in [0.2, 0.25) is 0 Å². The molecule has 0 spiro atoms. The Bertz CT molecular complexity index is 229. The highest BCUT2D eigenvalue weighted by Crippen LogP contribution is 2.17. The fourth-order valence-electron chi connectivity index (χ4n) is 3.22. The first-order chi connectivity index (χ1) is 11.2. The Morgan fingerprint density at radius 3 is 1.48 bits per heavy atom. The van der Waals surface area contributed by atoms with Gasteiger partial charge in [-0.3, -0.25) is 0 Å². The van der Waals surface area contributed by atoms with Crippen molar-refractivity contribution in [2.45, 2.75) is 116 Å². The van der Waals surface area contributed by atoms with Crippen LogP contribution in [0, 0.1) is 0 Å². The number of ether oxygens (including phenoxy) is 2. The summed E-state index contributed by atoms with van der Waals surface area (Å²) in [5.41, 5.74) is 0. The number of aliphatic hydroxyl groups excluding tert-OH is 1. The van der Waals surface area contributed by atoms with Crippen LogP contribution in [0.5, 0.6) is 0 Å². The summed E-state index contributed by atoms with van der Waals surface area (Å²) in [6, 6.07) is 0. The van der Waals surface area contributed by atoms with Crippen molar-refractivity contribution in [3.8, 4) is 0 Å². The van der Waals surface area contributed by atoms with Crippen LogP contribution in [0.15, 0.2) is 0 Å². The fraction of sp³-hybridized carbons (Fsp3) is 1.00. The maximum absolute atomic E-state index is 10.3. The van der Waals surface area contributed by atoms with Crippen LogP contribution in [0.3, 0.4) is 0 Å². The minimum absolute atomic E-state index is 0.0986. The van der Waals surface area contributed by atoms with Crippen molar-refractivity contribution >= 4 is 0 Å². The molecule has 0 fully saturated rings. The van der Waals surface area contributed by atoms with Gasteiger partial charge in [-0.2, -0.15) is 0 Å². The van der Waals surface area contributed by atoms with Crippen LogP contribution in [-0.2, 0) is 9.47 Å². The summed E-state index contributed by atoms with van der Waals surface area (Å²) in [5.74, 6) is 0. The van der Waals surface area contributed by atoms with Gasteiger partial charge in [-0.1, -0.05) is 84.5 Å². The Hall–Kier alpha value is -0.120. The second-order valence-corrected chi connectivity index (χ2v) is 6.77. The van der Waals surface area contributed by atoms with Crippen molar-refractivity contribution in [3.05, 3.63) is 0 Å². The number of hydrogen-bond acceptors (Lipinski definition) is 3. The fourth-order valence-corrected chi connectivity index (χ4v) is 3.22. The van der Waals surface area contributed by atoms with Crippen LogP contribution >= 0.6 is 0 Å². The van der Waals surface area contributed by atoms with E-state index in [2.05, 4.69) is 6.92 Å². The van der Waals surface area contributed by atoms with Crippen molar-refractivity contribution in [3.63, 3.8) is 0 Å². The molecule has 0 saturated carbocycles. The van der Waals surface area contributed by atoms with E-state index in [1.807, 2.05) is 6.92 Å². The van der Waals surface area contributed by atoms with Crippen LogP contribution < -0.4 is 0 Å². The third kappa shape index (κ3) is 12.0. The lowest BCUT2D eigenvalue weighted by Crippen LogP contribution is -2.39. The van der Waals surface area contributed by atoms with E-state index >= 15 is 0 Å². The molecule has 0 heterocycles. The molecule has 0 aromatic heterocycles. The van der Waals surface area contributed by atoms with Gasteiger partial charge in [0, 0.05) is 14.2 Å². The minimum atomic E-state index is -0.516. The smallest absolute Gasteiger partial charge is 0.106 e. The first-order valence-corrected chi connectivity index (χ1v) is 9.94. The molecule has 3 nitrogen and oxygen atoms in total. The lowest BCUT2D eigenvalue weighted by molar-refractivity contribution is -0.0923. The Kier molecular flexibility index (Phi) is 16.6. The molecule has 0 bridgehead atoms. The summed E-state index contributed by atoms with van der Waals surface area (Å²) in [6.45, 7) is 4.30. The largest absolute Gasteiger partial charge is 0.388 e. The van der Waals surface area contributed by atoms with E-state index in [-0.39, 0.29) is 12.2 Å². The van der Waals surface area contributed by atoms with E-state index in [0.717, 1.165) is 19.3 Å². The highest BCUT2D eigenvalue weighted by Gasteiger charge is 2.26. The van der Waals surface area contributed by atoms with Gasteiger partial charge < -0.3 is 14.6 Å². The Balaban J connectivity index is 3.54. The number of unbranched alkanes of at least 4 members (excludes halogenated alkanes) is 10. The SMILES string of the molecule is CCCCCCCCCCCCCC(OC)C(O)C(CC)OC. The van der Waals surface area contributed by atoms with Gasteiger partial charge in [-0.05, 0) is 12.8 Å². The Labute approximate surface area is 145 Å². The van der Waals surface area contributed by atoms with Crippen LogP contribution in [0.4, 0.5) is 0 Å². The number of aliphatic hydroxyl groups is 1. The van der Waals surface area contributed by atoms with Crippen LogP contribution in [-0.4, -0.2) is 37.6 Å². The average Bonchev–Trinajstić information content (AvgIpc) is 2.57. The van der Waals surface area contributed by atoms with E-state index in [4.69, 9.17) is 9.47 Å². The Morgan fingerprint density at radius 1 is 0.652 bits per heavy atom. The van der Waals surface area contributed by atoms with E-state index in [1.54, 1.807) is 14.2 Å². The lowest BCUT2D eigenvalue weighted by atomic mass is 9.99. The van der Waals surface area contributed by atoms with Crippen molar-refractivity contribution in [1.82, 2.24) is 0 Å². The average molecular weight is 331 g/mol. The predicted molar refractivity (Wildman–Crippen MR) is 99.0 cm³/mol. The zero-order chi connectivity index (χ0) is 17.3. The predicted octanol–water partition coefficient (Wildman–Crippen LogP) is 5.49. The molecule has 0 aliphatic heterocycles. The molecule has 0 rings (SSSR count). The van der Waals surface area contributed by atoms with Gasteiger partial charge >= 0.3 is 0 Å². The monoisotopic (exact) mass is 330 g/mol.